The third-order valence-electron chi connectivity index (χ3n) is 13.5. The summed E-state index contributed by atoms with van der Waals surface area (Å²) in [5, 5.41) is 3.76. The van der Waals surface area contributed by atoms with Crippen molar-refractivity contribution >= 4 is 11.7 Å². The molecule has 1 aliphatic heterocycles. The van der Waals surface area contributed by atoms with Crippen molar-refractivity contribution < 1.29 is 0 Å². The zero-order valence-electron chi connectivity index (χ0n) is 39.6. The van der Waals surface area contributed by atoms with E-state index in [9.17, 15) is 0 Å². The minimum absolute atomic E-state index is 0.365. The SMILES string of the molecule is c1ccc(-c2cc(C3=NC(c4ccccc4)NC(c4ccc(-c5c(-c6ccccc6)c(-c6ccccc6)c(-c6ccccc6)c(-c6ccccc6)c5-c5ccccc5)cc4)=N3)cc(-c3ccccc3)c2)cc1. The molecule has 3 heteroatoms. The first kappa shape index (κ1) is 43.8. The van der Waals surface area contributed by atoms with Crippen LogP contribution in [0.3, 0.4) is 0 Å². The molecule has 1 heterocycles. The highest BCUT2D eigenvalue weighted by atomic mass is 15.2. The summed E-state index contributed by atoms with van der Waals surface area (Å²) >= 11 is 0. The van der Waals surface area contributed by atoms with E-state index in [1.165, 1.54) is 27.8 Å². The molecule has 0 radical (unpaired) electrons. The molecule has 0 fully saturated rings. The van der Waals surface area contributed by atoms with Gasteiger partial charge in [0.2, 0.25) is 0 Å². The standard InChI is InChI=1S/C69H49N3/c1-9-25-48(26-10-1)58-45-59(49-27-11-2-12-28-49)47-60(46-58)69-71-67(56-39-23-8-24-40-56)70-68(72-69)57-43-41-55(42-44-57)66-64(53-35-19-6-20-36-53)62(51-31-15-4-16-32-51)61(50-29-13-3-14-30-50)63(52-33-17-5-18-34-52)65(66)54-37-21-7-22-38-54/h1-47,67H,(H,70,71,72). The minimum atomic E-state index is -0.365. The molecule has 11 aromatic rings. The Morgan fingerprint density at radius 3 is 0.833 bits per heavy atom. The van der Waals surface area contributed by atoms with Crippen molar-refractivity contribution in [2.45, 2.75) is 6.17 Å². The van der Waals surface area contributed by atoms with Crippen molar-refractivity contribution in [3.05, 3.63) is 302 Å². The van der Waals surface area contributed by atoms with E-state index in [2.05, 4.69) is 284 Å². The molecule has 11 aromatic carbocycles. The molecule has 0 bridgehead atoms. The van der Waals surface area contributed by atoms with E-state index in [4.69, 9.17) is 9.98 Å². The summed E-state index contributed by atoms with van der Waals surface area (Å²) in [6, 6.07) is 102. The van der Waals surface area contributed by atoms with Crippen LogP contribution in [-0.4, -0.2) is 11.7 Å². The van der Waals surface area contributed by atoms with Crippen LogP contribution in [0.5, 0.6) is 0 Å². The van der Waals surface area contributed by atoms with Gasteiger partial charge in [0.1, 0.15) is 12.0 Å². The zero-order chi connectivity index (χ0) is 48.1. The van der Waals surface area contributed by atoms with Crippen molar-refractivity contribution in [1.82, 2.24) is 5.32 Å². The highest BCUT2D eigenvalue weighted by molar-refractivity contribution is 6.16. The third kappa shape index (κ3) is 8.76. The highest BCUT2D eigenvalue weighted by Gasteiger charge is 2.29. The van der Waals surface area contributed by atoms with Crippen molar-refractivity contribution in [3.63, 3.8) is 0 Å². The summed E-state index contributed by atoms with van der Waals surface area (Å²) in [5.74, 6) is 1.43. The number of amidine groups is 2. The van der Waals surface area contributed by atoms with Crippen LogP contribution < -0.4 is 5.32 Å². The molecule has 12 rings (SSSR count). The normalized spacial score (nSPS) is 13.1. The molecule has 0 saturated heterocycles. The molecule has 1 aliphatic rings. The zero-order valence-corrected chi connectivity index (χ0v) is 39.6. The molecular formula is C69H49N3. The van der Waals surface area contributed by atoms with Gasteiger partial charge in [0, 0.05) is 11.1 Å². The van der Waals surface area contributed by atoms with Crippen LogP contribution in [0, 0.1) is 0 Å². The Balaban J connectivity index is 1.10. The van der Waals surface area contributed by atoms with E-state index < -0.39 is 0 Å². The fraction of sp³-hybridized carbons (Fsp3) is 0.0145. The van der Waals surface area contributed by atoms with Gasteiger partial charge >= 0.3 is 0 Å². The topological polar surface area (TPSA) is 36.8 Å². The van der Waals surface area contributed by atoms with E-state index in [1.54, 1.807) is 0 Å². The molecule has 0 aliphatic carbocycles. The maximum Gasteiger partial charge on any atom is 0.159 e. The number of rotatable bonds is 11. The lowest BCUT2D eigenvalue weighted by atomic mass is 9.74. The fourth-order valence-corrected chi connectivity index (χ4v) is 10.2. The van der Waals surface area contributed by atoms with Gasteiger partial charge in [-0.2, -0.15) is 0 Å². The molecule has 0 saturated carbocycles. The molecular weight excluding hydrogens is 871 g/mol. The van der Waals surface area contributed by atoms with Crippen molar-refractivity contribution in [1.29, 1.82) is 0 Å². The smallest absolute Gasteiger partial charge is 0.159 e. The Morgan fingerprint density at radius 1 is 0.236 bits per heavy atom. The largest absolute Gasteiger partial charge is 0.344 e. The molecule has 0 aromatic heterocycles. The maximum absolute atomic E-state index is 5.41. The van der Waals surface area contributed by atoms with Crippen LogP contribution in [0.1, 0.15) is 22.9 Å². The third-order valence-corrected chi connectivity index (χ3v) is 13.5. The number of hydrogen-bond donors (Lipinski definition) is 1. The van der Waals surface area contributed by atoms with E-state index in [1.807, 2.05) is 6.07 Å². The fourth-order valence-electron chi connectivity index (χ4n) is 10.2. The number of nitrogens with one attached hydrogen (secondary N) is 1. The number of nitrogens with zero attached hydrogens (tertiary/aromatic N) is 2. The number of hydrogen-bond acceptors (Lipinski definition) is 3. The van der Waals surface area contributed by atoms with Gasteiger partial charge in [-0.25, -0.2) is 9.98 Å². The average molecular weight is 920 g/mol. The Labute approximate surface area is 421 Å². The lowest BCUT2D eigenvalue weighted by Gasteiger charge is -2.29. The van der Waals surface area contributed by atoms with E-state index >= 15 is 0 Å². The summed E-state index contributed by atoms with van der Waals surface area (Å²) in [5.41, 5.74) is 21.4. The molecule has 340 valence electrons. The van der Waals surface area contributed by atoms with E-state index in [-0.39, 0.29) is 6.17 Å². The van der Waals surface area contributed by atoms with Gasteiger partial charge in [-0.1, -0.05) is 267 Å². The van der Waals surface area contributed by atoms with Gasteiger partial charge in [-0.05, 0) is 113 Å². The van der Waals surface area contributed by atoms with Gasteiger partial charge in [0.05, 0.1) is 0 Å². The van der Waals surface area contributed by atoms with Crippen LogP contribution >= 0.6 is 0 Å². The second-order valence-corrected chi connectivity index (χ2v) is 18.1. The maximum atomic E-state index is 5.41. The van der Waals surface area contributed by atoms with Gasteiger partial charge in [0.25, 0.3) is 0 Å². The van der Waals surface area contributed by atoms with Crippen molar-refractivity contribution in [2.75, 3.05) is 0 Å². The van der Waals surface area contributed by atoms with Crippen LogP contribution in [0.4, 0.5) is 0 Å². The molecule has 0 spiro atoms. The van der Waals surface area contributed by atoms with Gasteiger partial charge in [-0.3, -0.25) is 0 Å². The quantitative estimate of drug-likeness (QED) is 0.138. The van der Waals surface area contributed by atoms with Crippen LogP contribution in [-0.2, 0) is 0 Å². The van der Waals surface area contributed by atoms with E-state index in [0.717, 1.165) is 83.7 Å². The Bertz CT molecular complexity index is 3530. The number of aliphatic imine (C=N–C) groups is 2. The predicted octanol–water partition coefficient (Wildman–Crippen LogP) is 17.5. The average Bonchev–Trinajstić information content (AvgIpc) is 3.48. The summed E-state index contributed by atoms with van der Waals surface area (Å²) in [7, 11) is 0. The molecule has 1 unspecified atom stereocenters. The first-order valence-electron chi connectivity index (χ1n) is 24.6. The van der Waals surface area contributed by atoms with Crippen molar-refractivity contribution in [3.8, 4) is 89.0 Å². The summed E-state index contributed by atoms with van der Waals surface area (Å²) < 4.78 is 0. The molecule has 1 N–H and O–H groups in total. The Kier molecular flexibility index (Phi) is 12.1. The summed E-state index contributed by atoms with van der Waals surface area (Å²) in [6.45, 7) is 0. The lowest BCUT2D eigenvalue weighted by molar-refractivity contribution is 0.674. The van der Waals surface area contributed by atoms with Crippen LogP contribution in [0.2, 0.25) is 0 Å². The van der Waals surface area contributed by atoms with Gasteiger partial charge in [0.15, 0.2) is 5.84 Å². The lowest BCUT2D eigenvalue weighted by Crippen LogP contribution is -2.33. The first-order chi connectivity index (χ1) is 35.7. The van der Waals surface area contributed by atoms with E-state index in [0.29, 0.717) is 5.84 Å². The second-order valence-electron chi connectivity index (χ2n) is 18.1. The number of benzene rings is 11. The summed E-state index contributed by atoms with van der Waals surface area (Å²) in [6.07, 6.45) is -0.365. The Morgan fingerprint density at radius 2 is 0.500 bits per heavy atom. The predicted molar refractivity (Wildman–Crippen MR) is 302 cm³/mol. The molecule has 3 nitrogen and oxygen atoms in total. The van der Waals surface area contributed by atoms with Crippen LogP contribution in [0.15, 0.2) is 295 Å². The van der Waals surface area contributed by atoms with Gasteiger partial charge in [-0.15, -0.1) is 0 Å². The molecule has 72 heavy (non-hydrogen) atoms. The van der Waals surface area contributed by atoms with Gasteiger partial charge < -0.3 is 5.32 Å². The van der Waals surface area contributed by atoms with Crippen molar-refractivity contribution in [2.24, 2.45) is 9.98 Å². The minimum Gasteiger partial charge on any atom is -0.344 e. The Hall–Kier alpha value is -9.44. The molecule has 0 amide bonds. The highest BCUT2D eigenvalue weighted by Crippen LogP contribution is 2.55. The molecule has 1 atom stereocenters. The monoisotopic (exact) mass is 919 g/mol. The summed E-state index contributed by atoms with van der Waals surface area (Å²) in [4.78, 5) is 10.8. The second kappa shape index (κ2) is 19.9. The first-order valence-corrected chi connectivity index (χ1v) is 24.6. The van der Waals surface area contributed by atoms with Crippen LogP contribution in [0.25, 0.3) is 89.0 Å².